The molecule has 0 aliphatic carbocycles. The number of amides is 1. The number of nitrogens with one attached hydrogen (secondary N) is 1. The van der Waals surface area contributed by atoms with Gasteiger partial charge < -0.3 is 9.88 Å². The Bertz CT molecular complexity index is 859. The third kappa shape index (κ3) is 2.39. The Hall–Kier alpha value is -2.33. The zero-order valence-electron chi connectivity index (χ0n) is 12.5. The van der Waals surface area contributed by atoms with Crippen LogP contribution in [0.25, 0.3) is 10.9 Å². The Labute approximate surface area is 139 Å². The van der Waals surface area contributed by atoms with Crippen molar-refractivity contribution in [1.82, 2.24) is 14.9 Å². The molecule has 116 valence electrons. The molecule has 0 spiro atoms. The monoisotopic (exact) mass is 325 g/mol. The van der Waals surface area contributed by atoms with E-state index in [-0.39, 0.29) is 11.9 Å². The summed E-state index contributed by atoms with van der Waals surface area (Å²) in [6, 6.07) is 11.8. The van der Waals surface area contributed by atoms with E-state index in [2.05, 4.69) is 9.97 Å². The minimum Gasteiger partial charge on any atom is -0.349 e. The summed E-state index contributed by atoms with van der Waals surface area (Å²) in [7, 11) is 0. The van der Waals surface area contributed by atoms with Gasteiger partial charge >= 0.3 is 0 Å². The van der Waals surface area contributed by atoms with Crippen LogP contribution < -0.4 is 0 Å². The summed E-state index contributed by atoms with van der Waals surface area (Å²) >= 11 is 6.44. The summed E-state index contributed by atoms with van der Waals surface area (Å²) in [5, 5.41) is 1.39. The number of rotatable bonds is 2. The fourth-order valence-corrected chi connectivity index (χ4v) is 3.63. The summed E-state index contributed by atoms with van der Waals surface area (Å²) in [5.41, 5.74) is 2.49. The second kappa shape index (κ2) is 5.70. The Kier molecular flexibility index (Phi) is 3.54. The summed E-state index contributed by atoms with van der Waals surface area (Å²) in [6.45, 7) is 0.748. The number of nitrogens with zero attached hydrogens (tertiary/aromatic N) is 2. The zero-order chi connectivity index (χ0) is 15.8. The number of H-pyrrole nitrogens is 1. The van der Waals surface area contributed by atoms with Gasteiger partial charge in [0.2, 0.25) is 0 Å². The van der Waals surface area contributed by atoms with E-state index in [9.17, 15) is 4.79 Å². The first-order valence-electron chi connectivity index (χ1n) is 7.73. The Morgan fingerprint density at radius 3 is 2.78 bits per heavy atom. The predicted octanol–water partition coefficient (Wildman–Crippen LogP) is 4.19. The third-order valence-corrected chi connectivity index (χ3v) is 4.85. The van der Waals surface area contributed by atoms with Gasteiger partial charge in [-0.25, -0.2) is 0 Å². The van der Waals surface area contributed by atoms with Crippen LogP contribution in [-0.2, 0) is 0 Å². The molecular formula is C18H16ClN3O. The zero-order valence-corrected chi connectivity index (χ0v) is 13.3. The number of aromatic amines is 1. The summed E-state index contributed by atoms with van der Waals surface area (Å²) < 4.78 is 0. The first-order valence-corrected chi connectivity index (χ1v) is 8.10. The fraction of sp³-hybridized carbons (Fsp3) is 0.222. The lowest BCUT2D eigenvalue weighted by Gasteiger charge is -2.24. The number of carbonyl (C=O) groups excluding carboxylic acids is 1. The van der Waals surface area contributed by atoms with E-state index in [1.54, 1.807) is 12.4 Å². The van der Waals surface area contributed by atoms with Crippen molar-refractivity contribution in [3.63, 3.8) is 0 Å². The average Bonchev–Trinajstić information content (AvgIpc) is 3.21. The van der Waals surface area contributed by atoms with E-state index in [1.807, 2.05) is 41.3 Å². The Balaban J connectivity index is 1.71. The lowest BCUT2D eigenvalue weighted by molar-refractivity contribution is 0.0731. The van der Waals surface area contributed by atoms with Crippen LogP contribution in [0, 0.1) is 0 Å². The highest BCUT2D eigenvalue weighted by atomic mass is 35.5. The van der Waals surface area contributed by atoms with Gasteiger partial charge in [-0.15, -0.1) is 0 Å². The molecular weight excluding hydrogens is 310 g/mol. The number of halogens is 1. The summed E-state index contributed by atoms with van der Waals surface area (Å²) in [6.07, 6.45) is 5.50. The number of carbonyl (C=O) groups is 1. The molecule has 0 bridgehead atoms. The standard InChI is InChI=1S/C18H16ClN3O/c19-16-13-4-1-2-5-14(13)21-17(16)18(23)22-11-3-6-15(22)12-7-9-20-10-8-12/h1-2,4-5,7-10,15,21H,3,6,11H2. The van der Waals surface area contributed by atoms with Crippen LogP contribution in [0.3, 0.4) is 0 Å². The highest BCUT2D eigenvalue weighted by Gasteiger charge is 2.32. The smallest absolute Gasteiger partial charge is 0.272 e. The highest BCUT2D eigenvalue weighted by Crippen LogP contribution is 2.35. The first kappa shape index (κ1) is 14.3. The van der Waals surface area contributed by atoms with Gasteiger partial charge in [0.25, 0.3) is 5.91 Å². The van der Waals surface area contributed by atoms with E-state index in [0.29, 0.717) is 10.7 Å². The van der Waals surface area contributed by atoms with Crippen LogP contribution in [0.5, 0.6) is 0 Å². The van der Waals surface area contributed by atoms with Crippen LogP contribution in [-0.4, -0.2) is 27.3 Å². The van der Waals surface area contributed by atoms with Crippen molar-refractivity contribution in [2.45, 2.75) is 18.9 Å². The van der Waals surface area contributed by atoms with Crippen molar-refractivity contribution in [3.05, 3.63) is 65.1 Å². The Morgan fingerprint density at radius 2 is 2.00 bits per heavy atom. The van der Waals surface area contributed by atoms with Gasteiger partial charge in [0.05, 0.1) is 11.1 Å². The van der Waals surface area contributed by atoms with Gasteiger partial charge in [0, 0.05) is 29.8 Å². The van der Waals surface area contributed by atoms with Crippen molar-refractivity contribution in [2.24, 2.45) is 0 Å². The van der Waals surface area contributed by atoms with E-state index in [4.69, 9.17) is 11.6 Å². The molecule has 0 saturated carbocycles. The van der Waals surface area contributed by atoms with E-state index < -0.39 is 0 Å². The minimum atomic E-state index is -0.0366. The number of para-hydroxylation sites is 1. The molecule has 3 aromatic rings. The molecule has 1 atom stereocenters. The maximum absolute atomic E-state index is 13.0. The molecule has 1 aromatic carbocycles. The maximum Gasteiger partial charge on any atom is 0.272 e. The molecule has 23 heavy (non-hydrogen) atoms. The molecule has 0 radical (unpaired) electrons. The number of fused-ring (bicyclic) bond motifs is 1. The first-order chi connectivity index (χ1) is 11.3. The topological polar surface area (TPSA) is 49.0 Å². The van der Waals surface area contributed by atoms with Crippen molar-refractivity contribution < 1.29 is 4.79 Å². The maximum atomic E-state index is 13.0. The van der Waals surface area contributed by atoms with Crippen LogP contribution >= 0.6 is 11.6 Å². The number of hydrogen-bond acceptors (Lipinski definition) is 2. The molecule has 3 heterocycles. The largest absolute Gasteiger partial charge is 0.349 e. The normalized spacial score (nSPS) is 17.8. The van der Waals surface area contributed by atoms with Gasteiger partial charge in [0.1, 0.15) is 5.69 Å². The summed E-state index contributed by atoms with van der Waals surface area (Å²) in [5.74, 6) is -0.0366. The van der Waals surface area contributed by atoms with Crippen LogP contribution in [0.4, 0.5) is 0 Å². The third-order valence-electron chi connectivity index (χ3n) is 4.46. The SMILES string of the molecule is O=C(c1[nH]c2ccccc2c1Cl)N1CCCC1c1ccncc1. The molecule has 1 aliphatic rings. The molecule has 1 saturated heterocycles. The number of benzene rings is 1. The van der Waals surface area contributed by atoms with Gasteiger partial charge in [0.15, 0.2) is 0 Å². The second-order valence-corrected chi connectivity index (χ2v) is 6.17. The van der Waals surface area contributed by atoms with E-state index in [0.717, 1.165) is 35.9 Å². The number of pyridine rings is 1. The molecule has 2 aromatic heterocycles. The van der Waals surface area contributed by atoms with E-state index >= 15 is 0 Å². The minimum absolute atomic E-state index is 0.0366. The van der Waals surface area contributed by atoms with Crippen molar-refractivity contribution >= 4 is 28.4 Å². The lowest BCUT2D eigenvalue weighted by Crippen LogP contribution is -2.31. The van der Waals surface area contributed by atoms with Crippen molar-refractivity contribution in [1.29, 1.82) is 0 Å². The Morgan fingerprint density at radius 1 is 1.22 bits per heavy atom. The number of likely N-dealkylation sites (tertiary alicyclic amines) is 1. The molecule has 1 unspecified atom stereocenters. The quantitative estimate of drug-likeness (QED) is 0.768. The molecule has 4 rings (SSSR count). The van der Waals surface area contributed by atoms with Gasteiger partial charge in [-0.3, -0.25) is 9.78 Å². The molecule has 1 N–H and O–H groups in total. The fourth-order valence-electron chi connectivity index (χ4n) is 3.34. The number of hydrogen-bond donors (Lipinski definition) is 1. The van der Waals surface area contributed by atoms with Crippen molar-refractivity contribution in [3.8, 4) is 0 Å². The van der Waals surface area contributed by atoms with Crippen molar-refractivity contribution in [2.75, 3.05) is 6.54 Å². The van der Waals surface area contributed by atoms with Gasteiger partial charge in [-0.1, -0.05) is 29.8 Å². The molecule has 1 aliphatic heterocycles. The second-order valence-electron chi connectivity index (χ2n) is 5.80. The van der Waals surface area contributed by atoms with Gasteiger partial charge in [-0.2, -0.15) is 0 Å². The van der Waals surface area contributed by atoms with Crippen LogP contribution in [0.1, 0.15) is 34.9 Å². The van der Waals surface area contributed by atoms with Crippen LogP contribution in [0.2, 0.25) is 5.02 Å². The molecule has 1 fully saturated rings. The van der Waals surface area contributed by atoms with E-state index in [1.165, 1.54) is 0 Å². The molecule has 1 amide bonds. The lowest BCUT2D eigenvalue weighted by atomic mass is 10.1. The highest BCUT2D eigenvalue weighted by molar-refractivity contribution is 6.38. The predicted molar refractivity (Wildman–Crippen MR) is 90.6 cm³/mol. The molecule has 4 nitrogen and oxygen atoms in total. The molecule has 5 heteroatoms. The van der Waals surface area contributed by atoms with Gasteiger partial charge in [-0.05, 0) is 36.6 Å². The average molecular weight is 326 g/mol. The summed E-state index contributed by atoms with van der Waals surface area (Å²) in [4.78, 5) is 22.2. The van der Waals surface area contributed by atoms with Crippen LogP contribution in [0.15, 0.2) is 48.8 Å². The number of aromatic nitrogens is 2.